The first-order valence-corrected chi connectivity index (χ1v) is 4.74. The Morgan fingerprint density at radius 1 is 1.62 bits per heavy atom. The Morgan fingerprint density at radius 3 is 2.77 bits per heavy atom. The molecule has 74 valence electrons. The van der Waals surface area contributed by atoms with Crippen molar-refractivity contribution in [1.29, 1.82) is 0 Å². The fourth-order valence-electron chi connectivity index (χ4n) is 1.24. The average molecular weight is 201 g/mol. The molecule has 5 heteroatoms. The Hall–Kier alpha value is -0.680. The van der Waals surface area contributed by atoms with Crippen LogP contribution < -0.4 is 5.32 Å². The van der Waals surface area contributed by atoms with Crippen LogP contribution in [0.5, 0.6) is 0 Å². The molecule has 1 aliphatic rings. The monoisotopic (exact) mass is 201 g/mol. The molecule has 0 atom stereocenters. The third-order valence-electron chi connectivity index (χ3n) is 1.90. The van der Waals surface area contributed by atoms with E-state index in [2.05, 4.69) is 10.2 Å². The third kappa shape index (κ3) is 3.28. The SMILES string of the molecule is CN(C)CCCN1CC(=O)NC1=S. The van der Waals surface area contributed by atoms with Gasteiger partial charge in [-0.15, -0.1) is 0 Å². The van der Waals surface area contributed by atoms with Gasteiger partial charge in [-0.2, -0.15) is 0 Å². The van der Waals surface area contributed by atoms with E-state index in [4.69, 9.17) is 12.2 Å². The van der Waals surface area contributed by atoms with Gasteiger partial charge >= 0.3 is 0 Å². The first kappa shape index (κ1) is 10.4. The predicted molar refractivity (Wildman–Crippen MR) is 55.5 cm³/mol. The number of rotatable bonds is 4. The van der Waals surface area contributed by atoms with E-state index in [1.54, 1.807) is 0 Å². The van der Waals surface area contributed by atoms with Crippen molar-refractivity contribution in [1.82, 2.24) is 15.1 Å². The van der Waals surface area contributed by atoms with Crippen LogP contribution in [-0.4, -0.2) is 54.5 Å². The first-order chi connectivity index (χ1) is 6.09. The van der Waals surface area contributed by atoms with Gasteiger partial charge in [0.1, 0.15) is 0 Å². The van der Waals surface area contributed by atoms with Crippen LogP contribution in [-0.2, 0) is 4.79 Å². The Kier molecular flexibility index (Phi) is 3.62. The Bertz CT molecular complexity index is 217. The maximum absolute atomic E-state index is 10.9. The minimum Gasteiger partial charge on any atom is -0.340 e. The number of carbonyl (C=O) groups excluding carboxylic acids is 1. The van der Waals surface area contributed by atoms with E-state index in [9.17, 15) is 4.79 Å². The van der Waals surface area contributed by atoms with Crippen molar-refractivity contribution in [3.05, 3.63) is 0 Å². The summed E-state index contributed by atoms with van der Waals surface area (Å²) in [6.45, 7) is 2.30. The zero-order valence-electron chi connectivity index (χ0n) is 8.04. The normalized spacial score (nSPS) is 17.0. The molecule has 0 aliphatic carbocycles. The highest BCUT2D eigenvalue weighted by Gasteiger charge is 2.22. The van der Waals surface area contributed by atoms with Crippen molar-refractivity contribution in [3.8, 4) is 0 Å². The van der Waals surface area contributed by atoms with Crippen LogP contribution in [0.1, 0.15) is 6.42 Å². The number of nitrogens with one attached hydrogen (secondary N) is 1. The average Bonchev–Trinajstić information content (AvgIpc) is 2.29. The minimum atomic E-state index is 0.00912. The Balaban J connectivity index is 2.22. The number of amides is 1. The van der Waals surface area contributed by atoms with Crippen molar-refractivity contribution in [3.63, 3.8) is 0 Å². The van der Waals surface area contributed by atoms with Gasteiger partial charge in [-0.3, -0.25) is 4.79 Å². The molecule has 1 rings (SSSR count). The van der Waals surface area contributed by atoms with Crippen LogP contribution in [0.3, 0.4) is 0 Å². The molecule has 0 bridgehead atoms. The second-order valence-electron chi connectivity index (χ2n) is 3.43. The lowest BCUT2D eigenvalue weighted by Crippen LogP contribution is -2.30. The van der Waals surface area contributed by atoms with Crippen molar-refractivity contribution >= 4 is 23.2 Å². The highest BCUT2D eigenvalue weighted by Crippen LogP contribution is 1.99. The van der Waals surface area contributed by atoms with Gasteiger partial charge < -0.3 is 15.1 Å². The molecule has 0 aromatic heterocycles. The molecule has 0 radical (unpaired) electrons. The lowest BCUT2D eigenvalue weighted by Gasteiger charge is -2.16. The van der Waals surface area contributed by atoms with Crippen LogP contribution in [0.15, 0.2) is 0 Å². The van der Waals surface area contributed by atoms with Crippen molar-refractivity contribution in [2.75, 3.05) is 33.7 Å². The Labute approximate surface area is 83.9 Å². The predicted octanol–water partition coefficient (Wildman–Crippen LogP) is -0.345. The topological polar surface area (TPSA) is 35.6 Å². The zero-order valence-corrected chi connectivity index (χ0v) is 8.86. The lowest BCUT2D eigenvalue weighted by molar-refractivity contribution is -0.118. The van der Waals surface area contributed by atoms with E-state index >= 15 is 0 Å². The molecule has 1 aliphatic heterocycles. The van der Waals surface area contributed by atoms with E-state index < -0.39 is 0 Å². The summed E-state index contributed by atoms with van der Waals surface area (Å²) >= 11 is 4.98. The second kappa shape index (κ2) is 4.53. The number of nitrogens with zero attached hydrogens (tertiary/aromatic N) is 2. The van der Waals surface area contributed by atoms with Crippen LogP contribution in [0.2, 0.25) is 0 Å². The van der Waals surface area contributed by atoms with E-state index in [1.807, 2.05) is 19.0 Å². The summed E-state index contributed by atoms with van der Waals surface area (Å²) in [6, 6.07) is 0. The van der Waals surface area contributed by atoms with Gasteiger partial charge in [0.15, 0.2) is 5.11 Å². The van der Waals surface area contributed by atoms with Gasteiger partial charge in [0, 0.05) is 6.54 Å². The van der Waals surface area contributed by atoms with Gasteiger partial charge in [-0.1, -0.05) is 0 Å². The summed E-state index contributed by atoms with van der Waals surface area (Å²) in [6.07, 6.45) is 1.03. The smallest absolute Gasteiger partial charge is 0.245 e. The number of thiocarbonyl (C=S) groups is 1. The number of carbonyl (C=O) groups is 1. The van der Waals surface area contributed by atoms with E-state index in [-0.39, 0.29) is 5.91 Å². The van der Waals surface area contributed by atoms with Crippen LogP contribution >= 0.6 is 12.2 Å². The number of hydrogen-bond donors (Lipinski definition) is 1. The molecule has 1 N–H and O–H groups in total. The summed E-state index contributed by atoms with van der Waals surface area (Å²) in [5, 5.41) is 3.18. The molecule has 0 unspecified atom stereocenters. The molecule has 1 amide bonds. The zero-order chi connectivity index (χ0) is 9.84. The summed E-state index contributed by atoms with van der Waals surface area (Å²) < 4.78 is 0. The third-order valence-corrected chi connectivity index (χ3v) is 2.26. The molecule has 1 heterocycles. The van der Waals surface area contributed by atoms with Crippen molar-refractivity contribution in [2.24, 2.45) is 0 Å². The fraction of sp³-hybridized carbons (Fsp3) is 0.750. The molecule has 0 spiro atoms. The maximum Gasteiger partial charge on any atom is 0.245 e. The maximum atomic E-state index is 10.9. The quantitative estimate of drug-likeness (QED) is 0.631. The standard InChI is InChI=1S/C8H15N3OS/c1-10(2)4-3-5-11-6-7(12)9-8(11)13/h3-6H2,1-2H3,(H,9,12,13). The molecule has 1 fully saturated rings. The molecule has 0 aromatic rings. The van der Waals surface area contributed by atoms with Crippen molar-refractivity contribution < 1.29 is 4.79 Å². The summed E-state index contributed by atoms with van der Waals surface area (Å²) in [4.78, 5) is 14.9. The van der Waals surface area contributed by atoms with Gasteiger partial charge in [-0.25, -0.2) is 0 Å². The van der Waals surface area contributed by atoms with Crippen LogP contribution in [0.25, 0.3) is 0 Å². The van der Waals surface area contributed by atoms with Crippen molar-refractivity contribution in [2.45, 2.75) is 6.42 Å². The van der Waals surface area contributed by atoms with Gasteiger partial charge in [0.05, 0.1) is 6.54 Å². The molecule has 1 saturated heterocycles. The minimum absolute atomic E-state index is 0.00912. The van der Waals surface area contributed by atoms with Gasteiger partial charge in [0.2, 0.25) is 5.91 Å². The molecule has 13 heavy (non-hydrogen) atoms. The van der Waals surface area contributed by atoms with Crippen LogP contribution in [0, 0.1) is 0 Å². The molecular weight excluding hydrogens is 186 g/mol. The Morgan fingerprint density at radius 2 is 2.31 bits per heavy atom. The van der Waals surface area contributed by atoms with E-state index in [0.717, 1.165) is 19.5 Å². The first-order valence-electron chi connectivity index (χ1n) is 4.33. The summed E-state index contributed by atoms with van der Waals surface area (Å²) in [7, 11) is 4.07. The number of hydrogen-bond acceptors (Lipinski definition) is 3. The molecule has 0 saturated carbocycles. The summed E-state index contributed by atoms with van der Waals surface area (Å²) in [5.41, 5.74) is 0. The second-order valence-corrected chi connectivity index (χ2v) is 3.82. The molecular formula is C8H15N3OS. The lowest BCUT2D eigenvalue weighted by atomic mass is 10.4. The summed E-state index contributed by atoms with van der Waals surface area (Å²) in [5.74, 6) is 0.00912. The van der Waals surface area contributed by atoms with E-state index in [1.165, 1.54) is 0 Å². The molecule has 0 aromatic carbocycles. The fourth-order valence-corrected chi connectivity index (χ4v) is 1.51. The van der Waals surface area contributed by atoms with Crippen LogP contribution in [0.4, 0.5) is 0 Å². The highest BCUT2D eigenvalue weighted by molar-refractivity contribution is 7.80. The largest absolute Gasteiger partial charge is 0.340 e. The van der Waals surface area contributed by atoms with Gasteiger partial charge in [-0.05, 0) is 39.3 Å². The van der Waals surface area contributed by atoms with E-state index in [0.29, 0.717) is 11.7 Å². The molecule has 4 nitrogen and oxygen atoms in total. The highest BCUT2D eigenvalue weighted by atomic mass is 32.1. The van der Waals surface area contributed by atoms with Gasteiger partial charge in [0.25, 0.3) is 0 Å².